The molecule has 0 saturated carbocycles. The van der Waals surface area contributed by atoms with E-state index in [2.05, 4.69) is 95.7 Å². The molecule has 3 aromatic heterocycles. The lowest BCUT2D eigenvalue weighted by Crippen LogP contribution is -2.48. The Balaban J connectivity index is 0.919. The third-order valence-electron chi connectivity index (χ3n) is 10.2. The fourth-order valence-corrected chi connectivity index (χ4v) is 7.14. The van der Waals surface area contributed by atoms with E-state index in [-0.39, 0.29) is 0 Å². The van der Waals surface area contributed by atoms with Gasteiger partial charge in [0.15, 0.2) is 11.6 Å². The largest absolute Gasteiger partial charge is 0.380 e. The number of hydrogen-bond acceptors (Lipinski definition) is 14. The zero-order valence-corrected chi connectivity index (χ0v) is 31.5. The number of anilines is 5. The van der Waals surface area contributed by atoms with Gasteiger partial charge in [0.25, 0.3) is 0 Å². The van der Waals surface area contributed by atoms with Crippen molar-refractivity contribution in [1.82, 2.24) is 30.4 Å². The summed E-state index contributed by atoms with van der Waals surface area (Å²) in [6.07, 6.45) is 4.82. The van der Waals surface area contributed by atoms with Crippen molar-refractivity contribution in [1.29, 1.82) is 0 Å². The smallest absolute Gasteiger partial charge is 0.225 e. The van der Waals surface area contributed by atoms with Crippen LogP contribution in [0.5, 0.6) is 0 Å². The first-order valence-electron chi connectivity index (χ1n) is 19.4. The summed E-state index contributed by atoms with van der Waals surface area (Å²) in [6.45, 7) is 13.4. The van der Waals surface area contributed by atoms with Crippen LogP contribution in [0.2, 0.25) is 0 Å². The van der Waals surface area contributed by atoms with Gasteiger partial charge in [0.1, 0.15) is 0 Å². The van der Waals surface area contributed by atoms with Crippen LogP contribution in [0.4, 0.5) is 29.0 Å². The average Bonchev–Trinajstić information content (AvgIpc) is 3.27. The second-order valence-corrected chi connectivity index (χ2v) is 13.8. The average molecular weight is 744 g/mol. The van der Waals surface area contributed by atoms with E-state index in [0.717, 1.165) is 128 Å². The Bertz CT molecular complexity index is 1970. The summed E-state index contributed by atoms with van der Waals surface area (Å²) in [5.74, 6) is 2.50. The molecule has 0 radical (unpaired) electrons. The third kappa shape index (κ3) is 8.77. The highest BCUT2D eigenvalue weighted by molar-refractivity contribution is 5.75. The Morgan fingerprint density at radius 1 is 0.582 bits per heavy atom. The molecule has 6 heterocycles. The molecule has 55 heavy (non-hydrogen) atoms. The molecule has 2 aromatic carbocycles. The van der Waals surface area contributed by atoms with E-state index in [0.29, 0.717) is 39.6 Å². The number of rotatable bonds is 13. The van der Waals surface area contributed by atoms with Crippen LogP contribution in [-0.2, 0) is 14.2 Å². The van der Waals surface area contributed by atoms with Crippen molar-refractivity contribution >= 4 is 29.0 Å². The van der Waals surface area contributed by atoms with Gasteiger partial charge in [0, 0.05) is 94.6 Å². The Hall–Kier alpha value is -5.44. The van der Waals surface area contributed by atoms with Crippen LogP contribution in [-0.4, -0.2) is 129 Å². The molecule has 14 heteroatoms. The Morgan fingerprint density at radius 2 is 1.16 bits per heavy atom. The van der Waals surface area contributed by atoms with Crippen LogP contribution in [0.15, 0.2) is 79.1 Å². The number of ether oxygens (including phenoxy) is 3. The normalized spacial score (nSPS) is 16.4. The summed E-state index contributed by atoms with van der Waals surface area (Å²) in [6, 6.07) is 22.8. The van der Waals surface area contributed by atoms with Crippen LogP contribution < -0.4 is 24.9 Å². The van der Waals surface area contributed by atoms with Crippen LogP contribution in [0.25, 0.3) is 33.6 Å². The van der Waals surface area contributed by atoms with E-state index in [1.54, 1.807) is 0 Å². The van der Waals surface area contributed by atoms with Crippen molar-refractivity contribution in [3.05, 3.63) is 79.1 Å². The van der Waals surface area contributed by atoms with Crippen molar-refractivity contribution in [2.45, 2.75) is 13.3 Å². The molecule has 0 spiro atoms. The molecule has 5 aromatic rings. The zero-order chi connectivity index (χ0) is 37.2. The summed E-state index contributed by atoms with van der Waals surface area (Å²) in [5.41, 5.74) is 7.80. The molecule has 286 valence electrons. The second kappa shape index (κ2) is 17.8. The molecule has 1 N–H and O–H groups in total. The molecule has 3 saturated heterocycles. The van der Waals surface area contributed by atoms with E-state index in [9.17, 15) is 0 Å². The van der Waals surface area contributed by atoms with Crippen LogP contribution in [0, 0.1) is 0 Å². The maximum absolute atomic E-state index is 5.70. The van der Waals surface area contributed by atoms with Crippen LogP contribution in [0.1, 0.15) is 13.3 Å². The predicted octanol–water partition coefficient (Wildman–Crippen LogP) is 4.90. The minimum atomic E-state index is 0.634. The van der Waals surface area contributed by atoms with Gasteiger partial charge in [-0.1, -0.05) is 61.5 Å². The number of morpholine rings is 2. The van der Waals surface area contributed by atoms with Gasteiger partial charge in [0.2, 0.25) is 5.95 Å². The molecule has 0 atom stereocenters. The minimum absolute atomic E-state index is 0.634. The van der Waals surface area contributed by atoms with Crippen molar-refractivity contribution in [3.63, 3.8) is 0 Å². The molecule has 0 amide bonds. The highest BCUT2D eigenvalue weighted by atomic mass is 16.5. The van der Waals surface area contributed by atoms with Gasteiger partial charge in [-0.25, -0.2) is 9.97 Å². The van der Waals surface area contributed by atoms with Crippen molar-refractivity contribution in [2.24, 2.45) is 0 Å². The predicted molar refractivity (Wildman–Crippen MR) is 216 cm³/mol. The maximum atomic E-state index is 5.70. The molecule has 3 fully saturated rings. The SMILES string of the molecule is CCCOCCNc1cc(-c2ccc(-c3cnc(N4CCN(c5nnc(-c6ccccc6)cc5N5CCOCC5)CC4)nc3)cc2)nnc1N1CCOCC1. The van der Waals surface area contributed by atoms with E-state index < -0.39 is 0 Å². The molecule has 0 unspecified atom stereocenters. The number of benzene rings is 2. The summed E-state index contributed by atoms with van der Waals surface area (Å²) in [5, 5.41) is 22.3. The van der Waals surface area contributed by atoms with Gasteiger partial charge < -0.3 is 39.1 Å². The van der Waals surface area contributed by atoms with Crippen LogP contribution in [0.3, 0.4) is 0 Å². The van der Waals surface area contributed by atoms with Gasteiger partial charge in [-0.2, -0.15) is 0 Å². The monoisotopic (exact) mass is 743 g/mol. The molecule has 8 rings (SSSR count). The molecule has 3 aliphatic heterocycles. The number of piperazine rings is 1. The van der Waals surface area contributed by atoms with Crippen LogP contribution >= 0.6 is 0 Å². The minimum Gasteiger partial charge on any atom is -0.380 e. The number of nitrogens with one attached hydrogen (secondary N) is 1. The topological polar surface area (TPSA) is 130 Å². The third-order valence-corrected chi connectivity index (χ3v) is 10.2. The second-order valence-electron chi connectivity index (χ2n) is 13.8. The molecule has 0 aliphatic carbocycles. The summed E-state index contributed by atoms with van der Waals surface area (Å²) in [7, 11) is 0. The maximum Gasteiger partial charge on any atom is 0.225 e. The van der Waals surface area contributed by atoms with Gasteiger partial charge in [-0.3, -0.25) is 0 Å². The molecule has 14 nitrogen and oxygen atoms in total. The lowest BCUT2D eigenvalue weighted by Gasteiger charge is -2.38. The summed E-state index contributed by atoms with van der Waals surface area (Å²) in [4.78, 5) is 18.8. The van der Waals surface area contributed by atoms with Gasteiger partial charge in [-0.05, 0) is 24.1 Å². The van der Waals surface area contributed by atoms with Crippen molar-refractivity contribution in [3.8, 4) is 33.6 Å². The quantitative estimate of drug-likeness (QED) is 0.164. The lowest BCUT2D eigenvalue weighted by molar-refractivity contribution is 0.122. The number of nitrogens with zero attached hydrogens (tertiary/aromatic N) is 10. The lowest BCUT2D eigenvalue weighted by atomic mass is 10.0. The van der Waals surface area contributed by atoms with E-state index in [1.807, 2.05) is 30.6 Å². The highest BCUT2D eigenvalue weighted by Crippen LogP contribution is 2.33. The Labute approximate surface area is 322 Å². The number of hydrogen-bond donors (Lipinski definition) is 1. The Kier molecular flexibility index (Phi) is 11.8. The first-order chi connectivity index (χ1) is 27.2. The fourth-order valence-electron chi connectivity index (χ4n) is 7.14. The zero-order valence-electron chi connectivity index (χ0n) is 31.5. The Morgan fingerprint density at radius 3 is 1.85 bits per heavy atom. The molecular formula is C41H49N11O3. The van der Waals surface area contributed by atoms with Gasteiger partial charge >= 0.3 is 0 Å². The van der Waals surface area contributed by atoms with Crippen molar-refractivity contribution in [2.75, 3.05) is 123 Å². The first-order valence-corrected chi connectivity index (χ1v) is 19.4. The standard InChI is InChI=1S/C41H49N11O3/c1-2-21-53-22-12-42-37-27-35(45-47-39(37)51-19-25-55-26-20-51)33-10-8-31(9-11-33)34-29-43-41(44-30-34)52-15-13-50(14-16-52)40-38(49-17-23-54-24-18-49)28-36(46-48-40)32-6-4-3-5-7-32/h3-11,27-30H,2,12-26H2,1H3,(H,42,45). The van der Waals surface area contributed by atoms with Crippen molar-refractivity contribution < 1.29 is 14.2 Å². The van der Waals surface area contributed by atoms with Gasteiger partial charge in [-0.15, -0.1) is 20.4 Å². The van der Waals surface area contributed by atoms with Gasteiger partial charge in [0.05, 0.1) is 55.8 Å². The number of aromatic nitrogens is 6. The fraction of sp³-hybridized carbons (Fsp3) is 0.415. The van der Waals surface area contributed by atoms with E-state index >= 15 is 0 Å². The van der Waals surface area contributed by atoms with E-state index in [4.69, 9.17) is 29.3 Å². The molecular weight excluding hydrogens is 695 g/mol. The summed E-state index contributed by atoms with van der Waals surface area (Å²) >= 11 is 0. The molecule has 3 aliphatic rings. The first kappa shape index (κ1) is 36.5. The molecule has 0 bridgehead atoms. The summed E-state index contributed by atoms with van der Waals surface area (Å²) < 4.78 is 16.9. The highest BCUT2D eigenvalue weighted by Gasteiger charge is 2.26. The van der Waals surface area contributed by atoms with E-state index in [1.165, 1.54) is 0 Å².